The fourth-order valence-corrected chi connectivity index (χ4v) is 4.80. The molecule has 0 aromatic carbocycles. The molecule has 1 N–H and O–H groups in total. The number of nitrogens with one attached hydrogen (secondary N) is 1. The van der Waals surface area contributed by atoms with Gasteiger partial charge in [-0.3, -0.25) is 9.59 Å². The van der Waals surface area contributed by atoms with E-state index in [2.05, 4.69) is 17.2 Å². The van der Waals surface area contributed by atoms with Crippen molar-refractivity contribution in [1.29, 1.82) is 0 Å². The third-order valence-corrected chi connectivity index (χ3v) is 5.96. The van der Waals surface area contributed by atoms with Crippen LogP contribution in [0.2, 0.25) is 0 Å². The molecule has 0 unspecified atom stereocenters. The molecule has 0 radical (unpaired) electrons. The van der Waals surface area contributed by atoms with Crippen LogP contribution in [0, 0.1) is 11.8 Å². The summed E-state index contributed by atoms with van der Waals surface area (Å²) in [5.41, 5.74) is 1.01. The molecule has 26 heavy (non-hydrogen) atoms. The Balaban J connectivity index is 1.59. The zero-order valence-corrected chi connectivity index (χ0v) is 15.4. The summed E-state index contributed by atoms with van der Waals surface area (Å²) in [7, 11) is 0. The number of halogens is 3. The van der Waals surface area contributed by atoms with Crippen molar-refractivity contribution in [2.75, 3.05) is 18.4 Å². The van der Waals surface area contributed by atoms with Crippen LogP contribution in [0.25, 0.3) is 0 Å². The Bertz CT molecular complexity index is 689. The third kappa shape index (κ3) is 4.55. The van der Waals surface area contributed by atoms with Gasteiger partial charge in [-0.25, -0.2) is 4.98 Å². The largest absolute Gasteiger partial charge is 0.406 e. The highest BCUT2D eigenvalue weighted by Gasteiger charge is 2.40. The predicted molar refractivity (Wildman–Crippen MR) is 91.9 cm³/mol. The van der Waals surface area contributed by atoms with Crippen LogP contribution in [0.4, 0.5) is 18.3 Å². The number of hydrogen-bond acceptors (Lipinski definition) is 4. The Morgan fingerprint density at radius 1 is 1.38 bits per heavy atom. The summed E-state index contributed by atoms with van der Waals surface area (Å²) >= 11 is 1.44. The van der Waals surface area contributed by atoms with Gasteiger partial charge in [-0.15, -0.1) is 11.3 Å². The minimum atomic E-state index is -4.45. The average molecular weight is 389 g/mol. The van der Waals surface area contributed by atoms with Crippen LogP contribution >= 0.6 is 11.3 Å². The van der Waals surface area contributed by atoms with Crippen molar-refractivity contribution in [3.8, 4) is 0 Å². The monoisotopic (exact) mass is 389 g/mol. The smallest absolute Gasteiger partial charge is 0.333 e. The van der Waals surface area contributed by atoms with E-state index in [0.29, 0.717) is 15.9 Å². The van der Waals surface area contributed by atoms with E-state index in [1.807, 2.05) is 0 Å². The van der Waals surface area contributed by atoms with E-state index >= 15 is 0 Å². The van der Waals surface area contributed by atoms with Gasteiger partial charge in [0.1, 0.15) is 6.54 Å². The SMILES string of the molecule is CCC[C@@H]1CCc2nc(NC(=O)[C@H]3CC(=O)N(CC(F)(F)F)C3)sc2C1. The molecule has 2 atom stereocenters. The van der Waals surface area contributed by atoms with Crippen LogP contribution in [0.3, 0.4) is 0 Å². The summed E-state index contributed by atoms with van der Waals surface area (Å²) in [5.74, 6) is -1.18. The van der Waals surface area contributed by atoms with Gasteiger partial charge in [0.15, 0.2) is 5.13 Å². The van der Waals surface area contributed by atoms with Gasteiger partial charge in [0.05, 0.1) is 11.6 Å². The van der Waals surface area contributed by atoms with Gasteiger partial charge in [0.2, 0.25) is 11.8 Å². The number of alkyl halides is 3. The maximum atomic E-state index is 12.5. The molecule has 1 fully saturated rings. The molecule has 1 saturated heterocycles. The van der Waals surface area contributed by atoms with Gasteiger partial charge in [0, 0.05) is 17.8 Å². The number of aromatic nitrogens is 1. The zero-order valence-electron chi connectivity index (χ0n) is 14.6. The van der Waals surface area contributed by atoms with Gasteiger partial charge >= 0.3 is 6.18 Å². The summed E-state index contributed by atoms with van der Waals surface area (Å²) in [6, 6.07) is 0. The number of nitrogens with zero attached hydrogens (tertiary/aromatic N) is 2. The minimum absolute atomic E-state index is 0.189. The number of amides is 2. The minimum Gasteiger partial charge on any atom is -0.333 e. The van der Waals surface area contributed by atoms with Crippen LogP contribution in [-0.2, 0) is 22.4 Å². The van der Waals surface area contributed by atoms with E-state index in [1.54, 1.807) is 0 Å². The van der Waals surface area contributed by atoms with E-state index < -0.39 is 30.5 Å². The average Bonchev–Trinajstić information content (AvgIpc) is 3.09. The Hall–Kier alpha value is -1.64. The fraction of sp³-hybridized carbons (Fsp3) is 0.706. The molecule has 0 bridgehead atoms. The van der Waals surface area contributed by atoms with Crippen LogP contribution in [0.1, 0.15) is 43.2 Å². The van der Waals surface area contributed by atoms with Gasteiger partial charge in [0.25, 0.3) is 0 Å². The molecule has 2 amide bonds. The Morgan fingerprint density at radius 3 is 2.85 bits per heavy atom. The quantitative estimate of drug-likeness (QED) is 0.840. The van der Waals surface area contributed by atoms with Gasteiger partial charge in [-0.05, 0) is 25.2 Å². The van der Waals surface area contributed by atoms with Crippen LogP contribution in [-0.4, -0.2) is 41.0 Å². The molecule has 1 aliphatic carbocycles. The van der Waals surface area contributed by atoms with Crippen LogP contribution in [0.15, 0.2) is 0 Å². The molecule has 1 aromatic heterocycles. The van der Waals surface area contributed by atoms with Crippen LogP contribution in [0.5, 0.6) is 0 Å². The lowest BCUT2D eigenvalue weighted by Gasteiger charge is -2.19. The maximum Gasteiger partial charge on any atom is 0.406 e. The van der Waals surface area contributed by atoms with Crippen molar-refractivity contribution < 1.29 is 22.8 Å². The van der Waals surface area contributed by atoms with E-state index in [4.69, 9.17) is 0 Å². The second-order valence-corrected chi connectivity index (χ2v) is 8.15. The van der Waals surface area contributed by atoms with Gasteiger partial charge < -0.3 is 10.2 Å². The Kier molecular flexibility index (Phi) is 5.55. The highest BCUT2D eigenvalue weighted by Crippen LogP contribution is 2.34. The van der Waals surface area contributed by atoms with Crippen molar-refractivity contribution in [2.24, 2.45) is 11.8 Å². The van der Waals surface area contributed by atoms with Crippen molar-refractivity contribution in [2.45, 2.75) is 51.6 Å². The van der Waals surface area contributed by atoms with Gasteiger partial charge in [-0.1, -0.05) is 19.8 Å². The molecule has 5 nitrogen and oxygen atoms in total. The van der Waals surface area contributed by atoms with E-state index in [-0.39, 0.29) is 13.0 Å². The van der Waals surface area contributed by atoms with E-state index in [9.17, 15) is 22.8 Å². The van der Waals surface area contributed by atoms with Crippen molar-refractivity contribution in [3.05, 3.63) is 10.6 Å². The number of fused-ring (bicyclic) bond motifs is 1. The second-order valence-electron chi connectivity index (χ2n) is 7.07. The lowest BCUT2D eigenvalue weighted by atomic mass is 9.88. The maximum absolute atomic E-state index is 12.5. The molecule has 3 rings (SSSR count). The number of aryl methyl sites for hydroxylation is 1. The summed E-state index contributed by atoms with van der Waals surface area (Å²) in [6.45, 7) is 0.659. The molecule has 0 spiro atoms. The molecular weight excluding hydrogens is 367 g/mol. The number of carbonyl (C=O) groups excluding carboxylic acids is 2. The number of anilines is 1. The van der Waals surface area contributed by atoms with E-state index in [1.165, 1.54) is 22.6 Å². The molecule has 144 valence electrons. The Labute approximate surface area is 154 Å². The summed E-state index contributed by atoms with van der Waals surface area (Å²) in [6.07, 6.45) is 0.647. The fourth-order valence-electron chi connectivity index (χ4n) is 3.68. The number of likely N-dealkylation sites (tertiary alicyclic amines) is 1. The molecule has 1 aliphatic heterocycles. The van der Waals surface area contributed by atoms with Crippen LogP contribution < -0.4 is 5.32 Å². The van der Waals surface area contributed by atoms with Crippen molar-refractivity contribution in [1.82, 2.24) is 9.88 Å². The highest BCUT2D eigenvalue weighted by molar-refractivity contribution is 7.15. The first kappa shape index (κ1) is 19.1. The first-order valence-electron chi connectivity index (χ1n) is 8.89. The van der Waals surface area contributed by atoms with E-state index in [0.717, 1.165) is 31.4 Å². The molecule has 2 aliphatic rings. The summed E-state index contributed by atoms with van der Waals surface area (Å²) in [4.78, 5) is 30.4. The summed E-state index contributed by atoms with van der Waals surface area (Å²) in [5, 5.41) is 3.19. The number of carbonyl (C=O) groups is 2. The lowest BCUT2D eigenvalue weighted by Crippen LogP contribution is -2.36. The van der Waals surface area contributed by atoms with Crippen molar-refractivity contribution >= 4 is 28.3 Å². The third-order valence-electron chi connectivity index (χ3n) is 4.92. The zero-order chi connectivity index (χ0) is 18.9. The molecule has 2 heterocycles. The second kappa shape index (κ2) is 7.54. The first-order valence-corrected chi connectivity index (χ1v) is 9.70. The van der Waals surface area contributed by atoms with Crippen molar-refractivity contribution in [3.63, 3.8) is 0 Å². The normalized spacial score (nSPS) is 23.2. The topological polar surface area (TPSA) is 62.3 Å². The summed E-state index contributed by atoms with van der Waals surface area (Å²) < 4.78 is 37.4. The lowest BCUT2D eigenvalue weighted by molar-refractivity contribution is -0.157. The molecular formula is C17H22F3N3O2S. The standard InChI is InChI=1S/C17H22F3N3O2S/c1-2-3-10-4-5-12-13(6-10)26-16(21-12)22-15(25)11-7-14(24)23(8-11)9-17(18,19)20/h10-11H,2-9H2,1H3,(H,21,22,25)/t10-,11+/m1/s1. The molecule has 9 heteroatoms. The Morgan fingerprint density at radius 2 is 2.15 bits per heavy atom. The molecule has 1 aromatic rings. The highest BCUT2D eigenvalue weighted by atomic mass is 32.1. The number of hydrogen-bond donors (Lipinski definition) is 1. The number of thiazole rings is 1. The first-order chi connectivity index (χ1) is 12.2. The number of rotatable bonds is 5. The predicted octanol–water partition coefficient (Wildman–Crippen LogP) is 3.40. The molecule has 0 saturated carbocycles. The van der Waals surface area contributed by atoms with Gasteiger partial charge in [-0.2, -0.15) is 13.2 Å².